The van der Waals surface area contributed by atoms with Crippen LogP contribution in [0.5, 0.6) is 23.0 Å². The Hall–Kier alpha value is -3.72. The average molecular weight is 429 g/mol. The van der Waals surface area contributed by atoms with Gasteiger partial charge in [-0.25, -0.2) is 0 Å². The molecule has 0 unspecified atom stereocenters. The third-order valence-electron chi connectivity index (χ3n) is 4.67. The minimum absolute atomic E-state index is 0.0188. The van der Waals surface area contributed by atoms with Crippen molar-refractivity contribution in [1.82, 2.24) is 0 Å². The number of aromatic hydroxyl groups is 3. The van der Waals surface area contributed by atoms with E-state index < -0.39 is 34.7 Å². The first-order valence-corrected chi connectivity index (χ1v) is 9.56. The van der Waals surface area contributed by atoms with Gasteiger partial charge in [0.05, 0.1) is 0 Å². The van der Waals surface area contributed by atoms with Crippen molar-refractivity contribution in [3.8, 4) is 34.3 Å². The number of hydrogen-bond acceptors (Lipinski definition) is 9. The molecule has 0 radical (unpaired) electrons. The quantitative estimate of drug-likeness (QED) is 0.252. The molecule has 5 N–H and O–H groups in total. The maximum atomic E-state index is 12.4. The number of rotatable bonds is 7. The van der Waals surface area contributed by atoms with Crippen LogP contribution in [0.4, 0.5) is 0 Å². The molecule has 2 aromatic carbocycles. The zero-order chi connectivity index (χ0) is 22.7. The first kappa shape index (κ1) is 22.0. The van der Waals surface area contributed by atoms with Crippen molar-refractivity contribution in [2.75, 3.05) is 13.2 Å². The lowest BCUT2D eigenvalue weighted by molar-refractivity contribution is -0.147. The fraction of sp³-hybridized carbons (Fsp3) is 0.273. The highest BCUT2D eigenvalue weighted by Crippen LogP contribution is 2.40. The molecule has 0 amide bonds. The predicted octanol–water partition coefficient (Wildman–Crippen LogP) is 2.48. The van der Waals surface area contributed by atoms with Gasteiger partial charge in [-0.05, 0) is 30.2 Å². The predicted molar refractivity (Wildman–Crippen MR) is 112 cm³/mol. The second-order valence-electron chi connectivity index (χ2n) is 7.25. The van der Waals surface area contributed by atoms with Gasteiger partial charge in [0.1, 0.15) is 41.7 Å². The SMILES string of the molecule is CC(C)[C@H](N)C(=O)OCCOc1ccc(-c2cc(=O)c3c(O)c(O)c(O)cc3o2)cc1. The molecule has 1 aromatic heterocycles. The number of benzene rings is 2. The number of nitrogens with two attached hydrogens (primary N) is 1. The van der Waals surface area contributed by atoms with Crippen molar-refractivity contribution in [3.63, 3.8) is 0 Å². The number of carbonyl (C=O) groups excluding carboxylic acids is 1. The fourth-order valence-corrected chi connectivity index (χ4v) is 2.81. The van der Waals surface area contributed by atoms with Crippen LogP contribution >= 0.6 is 0 Å². The molecule has 0 fully saturated rings. The lowest BCUT2D eigenvalue weighted by Crippen LogP contribution is -2.37. The van der Waals surface area contributed by atoms with E-state index in [1.807, 2.05) is 13.8 Å². The second-order valence-corrected chi connectivity index (χ2v) is 7.25. The smallest absolute Gasteiger partial charge is 0.323 e. The molecule has 0 aliphatic rings. The number of esters is 1. The van der Waals surface area contributed by atoms with E-state index in [1.165, 1.54) is 6.07 Å². The van der Waals surface area contributed by atoms with E-state index in [1.54, 1.807) is 24.3 Å². The number of hydrogen-bond donors (Lipinski definition) is 4. The summed E-state index contributed by atoms with van der Waals surface area (Å²) in [5.41, 5.74) is 5.61. The maximum Gasteiger partial charge on any atom is 0.323 e. The number of phenolic OH excluding ortho intramolecular Hbond substituents is 3. The summed E-state index contributed by atoms with van der Waals surface area (Å²) >= 11 is 0. The maximum absolute atomic E-state index is 12.4. The van der Waals surface area contributed by atoms with E-state index in [9.17, 15) is 24.9 Å². The lowest BCUT2D eigenvalue weighted by atomic mass is 10.1. The van der Waals surface area contributed by atoms with Gasteiger partial charge in [0.2, 0.25) is 5.75 Å². The van der Waals surface area contributed by atoms with Gasteiger partial charge in [-0.2, -0.15) is 0 Å². The summed E-state index contributed by atoms with van der Waals surface area (Å²) in [5.74, 6) is -1.93. The molecule has 0 bridgehead atoms. The molecule has 9 heteroatoms. The molecule has 0 spiro atoms. The lowest BCUT2D eigenvalue weighted by Gasteiger charge is -2.14. The number of phenols is 3. The molecule has 1 atom stereocenters. The average Bonchev–Trinajstić information content (AvgIpc) is 2.74. The van der Waals surface area contributed by atoms with Gasteiger partial charge in [-0.3, -0.25) is 9.59 Å². The van der Waals surface area contributed by atoms with Crippen LogP contribution in [0.2, 0.25) is 0 Å². The van der Waals surface area contributed by atoms with E-state index in [4.69, 9.17) is 19.6 Å². The zero-order valence-electron chi connectivity index (χ0n) is 17.0. The van der Waals surface area contributed by atoms with Gasteiger partial charge in [0.15, 0.2) is 16.9 Å². The summed E-state index contributed by atoms with van der Waals surface area (Å²) in [6, 6.07) is 8.15. The Kier molecular flexibility index (Phi) is 6.36. The van der Waals surface area contributed by atoms with Gasteiger partial charge < -0.3 is 34.9 Å². The summed E-state index contributed by atoms with van der Waals surface area (Å²) in [5, 5.41) is 28.9. The van der Waals surface area contributed by atoms with Gasteiger partial charge in [0.25, 0.3) is 0 Å². The third-order valence-corrected chi connectivity index (χ3v) is 4.67. The highest BCUT2D eigenvalue weighted by atomic mass is 16.6. The molecule has 31 heavy (non-hydrogen) atoms. The molecule has 3 rings (SSSR count). The Morgan fingerprint density at radius 1 is 1.06 bits per heavy atom. The van der Waals surface area contributed by atoms with Gasteiger partial charge in [-0.15, -0.1) is 0 Å². The van der Waals surface area contributed by atoms with E-state index in [0.717, 1.165) is 6.07 Å². The normalized spacial score (nSPS) is 12.1. The summed E-state index contributed by atoms with van der Waals surface area (Å²) in [7, 11) is 0. The molecule has 164 valence electrons. The van der Waals surface area contributed by atoms with Crippen molar-refractivity contribution in [2.45, 2.75) is 19.9 Å². The van der Waals surface area contributed by atoms with Crippen LogP contribution in [-0.2, 0) is 9.53 Å². The number of fused-ring (bicyclic) bond motifs is 1. The summed E-state index contributed by atoms with van der Waals surface area (Å²) in [6.07, 6.45) is 0. The first-order valence-electron chi connectivity index (χ1n) is 9.56. The Bertz CT molecular complexity index is 1150. The molecule has 0 aliphatic carbocycles. The molecule has 0 saturated carbocycles. The Morgan fingerprint density at radius 3 is 2.39 bits per heavy atom. The Labute approximate surface area is 177 Å². The molecule has 3 aromatic rings. The molecule has 1 heterocycles. The second kappa shape index (κ2) is 8.97. The third kappa shape index (κ3) is 4.72. The van der Waals surface area contributed by atoms with Gasteiger partial charge in [-0.1, -0.05) is 13.8 Å². The minimum Gasteiger partial charge on any atom is -0.504 e. The molecule has 0 saturated heterocycles. The summed E-state index contributed by atoms with van der Waals surface area (Å²) in [4.78, 5) is 24.1. The van der Waals surface area contributed by atoms with E-state index >= 15 is 0 Å². The molecular weight excluding hydrogens is 406 g/mol. The van der Waals surface area contributed by atoms with Crippen LogP contribution in [0.1, 0.15) is 13.8 Å². The first-order chi connectivity index (χ1) is 14.7. The highest BCUT2D eigenvalue weighted by molar-refractivity contribution is 5.89. The van der Waals surface area contributed by atoms with Gasteiger partial charge >= 0.3 is 5.97 Å². The van der Waals surface area contributed by atoms with E-state index in [2.05, 4.69) is 0 Å². The van der Waals surface area contributed by atoms with Crippen molar-refractivity contribution in [2.24, 2.45) is 11.7 Å². The van der Waals surface area contributed by atoms with Crippen molar-refractivity contribution in [3.05, 3.63) is 46.6 Å². The van der Waals surface area contributed by atoms with Crippen molar-refractivity contribution >= 4 is 16.9 Å². The zero-order valence-corrected chi connectivity index (χ0v) is 17.0. The highest BCUT2D eigenvalue weighted by Gasteiger charge is 2.19. The van der Waals surface area contributed by atoms with Crippen LogP contribution in [-0.4, -0.2) is 40.5 Å². The van der Waals surface area contributed by atoms with Crippen LogP contribution in [0, 0.1) is 5.92 Å². The van der Waals surface area contributed by atoms with Crippen LogP contribution in [0.3, 0.4) is 0 Å². The monoisotopic (exact) mass is 429 g/mol. The summed E-state index contributed by atoms with van der Waals surface area (Å²) in [6.45, 7) is 3.86. The van der Waals surface area contributed by atoms with E-state index in [-0.39, 0.29) is 35.9 Å². The van der Waals surface area contributed by atoms with Crippen molar-refractivity contribution < 1.29 is 34.0 Å². The van der Waals surface area contributed by atoms with Crippen LogP contribution < -0.4 is 15.9 Å². The standard InChI is InChI=1S/C22H23NO8/c1-11(2)19(23)22(28)30-8-7-29-13-5-3-12(4-6-13)16-9-14(24)18-17(31-16)10-15(25)20(26)21(18)27/h3-6,9-11,19,25-27H,7-8,23H2,1-2H3/t19-/m0/s1. The van der Waals surface area contributed by atoms with Crippen LogP contribution in [0.15, 0.2) is 45.6 Å². The number of carbonyl (C=O) groups is 1. The topological polar surface area (TPSA) is 152 Å². The van der Waals surface area contributed by atoms with Gasteiger partial charge in [0, 0.05) is 17.7 Å². The van der Waals surface area contributed by atoms with Crippen molar-refractivity contribution in [1.29, 1.82) is 0 Å². The Morgan fingerprint density at radius 2 is 1.74 bits per heavy atom. The minimum atomic E-state index is -0.786. The Balaban J connectivity index is 1.69. The van der Waals surface area contributed by atoms with Crippen LogP contribution in [0.25, 0.3) is 22.3 Å². The van der Waals surface area contributed by atoms with E-state index in [0.29, 0.717) is 11.3 Å². The summed E-state index contributed by atoms with van der Waals surface area (Å²) < 4.78 is 16.2. The largest absolute Gasteiger partial charge is 0.504 e. The number of ether oxygens (including phenoxy) is 2. The fourth-order valence-electron chi connectivity index (χ4n) is 2.81. The molecule has 0 aliphatic heterocycles. The molecule has 9 nitrogen and oxygen atoms in total. The molecular formula is C22H23NO8.